The van der Waals surface area contributed by atoms with Crippen molar-refractivity contribution >= 4 is 15.9 Å². The van der Waals surface area contributed by atoms with Gasteiger partial charge in [-0.1, -0.05) is 0 Å². The SMILES string of the molecule is CCn1cc(COc2ccc(F)cc2)nc1Br. The Labute approximate surface area is 107 Å². The second-order valence-corrected chi connectivity index (χ2v) is 4.24. The molecule has 0 aliphatic heterocycles. The van der Waals surface area contributed by atoms with Gasteiger partial charge in [0.15, 0.2) is 4.73 Å². The number of aromatic nitrogens is 2. The molecule has 0 N–H and O–H groups in total. The van der Waals surface area contributed by atoms with Crippen LogP contribution < -0.4 is 4.74 Å². The minimum absolute atomic E-state index is 0.268. The average molecular weight is 299 g/mol. The maximum atomic E-state index is 12.7. The lowest BCUT2D eigenvalue weighted by Gasteiger charge is -2.03. The lowest BCUT2D eigenvalue weighted by Crippen LogP contribution is -1.95. The molecule has 0 fully saturated rings. The van der Waals surface area contributed by atoms with Gasteiger partial charge in [-0.05, 0) is 47.1 Å². The summed E-state index contributed by atoms with van der Waals surface area (Å²) in [6, 6.07) is 5.94. The molecule has 3 nitrogen and oxygen atoms in total. The average Bonchev–Trinajstić information content (AvgIpc) is 2.69. The van der Waals surface area contributed by atoms with Crippen LogP contribution in [-0.2, 0) is 13.2 Å². The van der Waals surface area contributed by atoms with Crippen molar-refractivity contribution in [1.29, 1.82) is 0 Å². The Kier molecular flexibility index (Phi) is 3.78. The first-order chi connectivity index (χ1) is 8.19. The molecule has 5 heteroatoms. The summed E-state index contributed by atoms with van der Waals surface area (Å²) in [6.45, 7) is 3.26. The fourth-order valence-electron chi connectivity index (χ4n) is 1.42. The Hall–Kier alpha value is -1.36. The van der Waals surface area contributed by atoms with Crippen molar-refractivity contribution in [1.82, 2.24) is 9.55 Å². The first-order valence-corrected chi connectivity index (χ1v) is 6.08. The molecule has 90 valence electrons. The minimum Gasteiger partial charge on any atom is -0.487 e. The molecule has 17 heavy (non-hydrogen) atoms. The molecule has 1 aromatic carbocycles. The molecule has 2 aromatic rings. The first kappa shape index (κ1) is 12.1. The lowest BCUT2D eigenvalue weighted by molar-refractivity contribution is 0.301. The Morgan fingerprint density at radius 1 is 1.35 bits per heavy atom. The molecule has 0 amide bonds. The minimum atomic E-state index is -0.268. The van der Waals surface area contributed by atoms with E-state index < -0.39 is 0 Å². The van der Waals surface area contributed by atoms with Crippen molar-refractivity contribution in [2.45, 2.75) is 20.1 Å². The van der Waals surface area contributed by atoms with Crippen LogP contribution in [0.4, 0.5) is 4.39 Å². The van der Waals surface area contributed by atoms with Crippen LogP contribution in [0, 0.1) is 5.82 Å². The smallest absolute Gasteiger partial charge is 0.177 e. The van der Waals surface area contributed by atoms with Gasteiger partial charge < -0.3 is 9.30 Å². The topological polar surface area (TPSA) is 27.1 Å². The molecule has 0 saturated carbocycles. The number of aryl methyl sites for hydroxylation is 1. The van der Waals surface area contributed by atoms with E-state index in [1.165, 1.54) is 12.1 Å². The third-order valence-electron chi connectivity index (χ3n) is 2.32. The Morgan fingerprint density at radius 2 is 2.06 bits per heavy atom. The van der Waals surface area contributed by atoms with Crippen LogP contribution in [0.2, 0.25) is 0 Å². The maximum absolute atomic E-state index is 12.7. The van der Waals surface area contributed by atoms with Gasteiger partial charge in [0, 0.05) is 12.7 Å². The number of imidazole rings is 1. The van der Waals surface area contributed by atoms with Crippen LogP contribution in [0.25, 0.3) is 0 Å². The number of nitrogens with zero attached hydrogens (tertiary/aromatic N) is 2. The molecule has 0 unspecified atom stereocenters. The summed E-state index contributed by atoms with van der Waals surface area (Å²) >= 11 is 3.36. The lowest BCUT2D eigenvalue weighted by atomic mass is 10.3. The van der Waals surface area contributed by atoms with E-state index in [0.29, 0.717) is 12.4 Å². The van der Waals surface area contributed by atoms with Crippen LogP contribution in [0.5, 0.6) is 5.75 Å². The Morgan fingerprint density at radius 3 is 2.65 bits per heavy atom. The number of hydrogen-bond donors (Lipinski definition) is 0. The third kappa shape index (κ3) is 3.06. The molecule has 2 rings (SSSR count). The van der Waals surface area contributed by atoms with Crippen LogP contribution in [-0.4, -0.2) is 9.55 Å². The predicted octanol–water partition coefficient (Wildman–Crippen LogP) is 3.38. The van der Waals surface area contributed by atoms with Gasteiger partial charge in [-0.15, -0.1) is 0 Å². The van der Waals surface area contributed by atoms with Crippen molar-refractivity contribution in [3.05, 3.63) is 46.7 Å². The Bertz CT molecular complexity index is 496. The standard InChI is InChI=1S/C12H12BrFN2O/c1-2-16-7-10(15-12(16)13)8-17-11-5-3-9(14)4-6-11/h3-7H,2,8H2,1H3. The summed E-state index contributed by atoms with van der Waals surface area (Å²) in [5.41, 5.74) is 0.836. The number of hydrogen-bond acceptors (Lipinski definition) is 2. The second-order valence-electron chi connectivity index (χ2n) is 3.53. The molecular formula is C12H12BrFN2O. The third-order valence-corrected chi connectivity index (χ3v) is 2.95. The van der Waals surface area contributed by atoms with Crippen molar-refractivity contribution in [3.8, 4) is 5.75 Å². The van der Waals surface area contributed by atoms with E-state index in [2.05, 4.69) is 20.9 Å². The highest BCUT2D eigenvalue weighted by atomic mass is 79.9. The summed E-state index contributed by atoms with van der Waals surface area (Å²) < 4.78 is 20.9. The molecule has 0 saturated heterocycles. The van der Waals surface area contributed by atoms with Crippen molar-refractivity contribution < 1.29 is 9.13 Å². The largest absolute Gasteiger partial charge is 0.487 e. The molecule has 0 atom stereocenters. The number of halogens is 2. The number of rotatable bonds is 4. The molecular weight excluding hydrogens is 287 g/mol. The monoisotopic (exact) mass is 298 g/mol. The summed E-state index contributed by atoms with van der Waals surface area (Å²) in [6.07, 6.45) is 1.92. The van der Waals surface area contributed by atoms with Gasteiger partial charge in [0.25, 0.3) is 0 Å². The zero-order chi connectivity index (χ0) is 12.3. The zero-order valence-corrected chi connectivity index (χ0v) is 10.9. The fourth-order valence-corrected chi connectivity index (χ4v) is 2.01. The van der Waals surface area contributed by atoms with Crippen molar-refractivity contribution in [3.63, 3.8) is 0 Å². The number of ether oxygens (including phenoxy) is 1. The highest BCUT2D eigenvalue weighted by Gasteiger charge is 2.04. The molecule has 1 aromatic heterocycles. The molecule has 0 radical (unpaired) electrons. The van der Waals surface area contributed by atoms with Crippen molar-refractivity contribution in [2.75, 3.05) is 0 Å². The van der Waals surface area contributed by atoms with E-state index in [1.54, 1.807) is 12.1 Å². The van der Waals surface area contributed by atoms with Gasteiger partial charge in [0.1, 0.15) is 18.2 Å². The van der Waals surface area contributed by atoms with E-state index in [1.807, 2.05) is 17.7 Å². The van der Waals surface area contributed by atoms with E-state index >= 15 is 0 Å². The molecule has 0 spiro atoms. The van der Waals surface area contributed by atoms with E-state index in [-0.39, 0.29) is 5.82 Å². The quantitative estimate of drug-likeness (QED) is 0.865. The first-order valence-electron chi connectivity index (χ1n) is 5.29. The predicted molar refractivity (Wildman–Crippen MR) is 66.3 cm³/mol. The van der Waals surface area contributed by atoms with Crippen LogP contribution in [0.15, 0.2) is 35.2 Å². The van der Waals surface area contributed by atoms with Gasteiger partial charge in [-0.25, -0.2) is 9.37 Å². The van der Waals surface area contributed by atoms with Gasteiger partial charge in [0.2, 0.25) is 0 Å². The normalized spacial score (nSPS) is 10.5. The fraction of sp³-hybridized carbons (Fsp3) is 0.250. The Balaban J connectivity index is 1.99. The summed E-state index contributed by atoms with van der Waals surface area (Å²) in [4.78, 5) is 4.29. The van der Waals surface area contributed by atoms with E-state index in [4.69, 9.17) is 4.74 Å². The highest BCUT2D eigenvalue weighted by Crippen LogP contribution is 2.15. The van der Waals surface area contributed by atoms with Gasteiger partial charge in [-0.3, -0.25) is 0 Å². The van der Waals surface area contributed by atoms with Crippen molar-refractivity contribution in [2.24, 2.45) is 0 Å². The summed E-state index contributed by atoms with van der Waals surface area (Å²) in [7, 11) is 0. The van der Waals surface area contributed by atoms with Gasteiger partial charge in [0.05, 0.1) is 5.69 Å². The molecule has 0 aliphatic carbocycles. The van der Waals surface area contributed by atoms with Gasteiger partial charge >= 0.3 is 0 Å². The van der Waals surface area contributed by atoms with E-state index in [9.17, 15) is 4.39 Å². The highest BCUT2D eigenvalue weighted by molar-refractivity contribution is 9.10. The van der Waals surface area contributed by atoms with Crippen LogP contribution in [0.3, 0.4) is 0 Å². The molecule has 0 bridgehead atoms. The van der Waals surface area contributed by atoms with Crippen LogP contribution >= 0.6 is 15.9 Å². The van der Waals surface area contributed by atoms with E-state index in [0.717, 1.165) is 17.0 Å². The van der Waals surface area contributed by atoms with Crippen LogP contribution in [0.1, 0.15) is 12.6 Å². The van der Waals surface area contributed by atoms with Gasteiger partial charge in [-0.2, -0.15) is 0 Å². The molecule has 0 aliphatic rings. The summed E-state index contributed by atoms with van der Waals surface area (Å²) in [5.74, 6) is 0.365. The second kappa shape index (κ2) is 5.31. The number of benzene rings is 1. The molecule has 1 heterocycles. The zero-order valence-electron chi connectivity index (χ0n) is 9.36. The summed E-state index contributed by atoms with van der Waals surface area (Å²) in [5, 5.41) is 0. The maximum Gasteiger partial charge on any atom is 0.177 e.